The zero-order valence-corrected chi connectivity index (χ0v) is 24.6. The number of halogens is 3. The summed E-state index contributed by atoms with van der Waals surface area (Å²) in [5.74, 6) is -4.07. The van der Waals surface area contributed by atoms with Gasteiger partial charge in [-0.2, -0.15) is 0 Å². The molecule has 238 valence electrons. The number of H-pyrrole nitrogens is 2. The summed E-state index contributed by atoms with van der Waals surface area (Å²) in [6, 6.07) is 25.3. The van der Waals surface area contributed by atoms with Crippen LogP contribution >= 0.6 is 0 Å². The van der Waals surface area contributed by atoms with Crippen molar-refractivity contribution in [3.63, 3.8) is 0 Å². The molecular formula is C35H27F3N4O5. The monoisotopic (exact) mass is 640 g/mol. The normalized spacial score (nSPS) is 11.7. The number of rotatable bonds is 11. The highest BCUT2D eigenvalue weighted by Crippen LogP contribution is 2.23. The average Bonchev–Trinajstić information content (AvgIpc) is 3.45. The summed E-state index contributed by atoms with van der Waals surface area (Å²) >= 11 is 0. The predicted molar refractivity (Wildman–Crippen MR) is 168 cm³/mol. The second-order valence-electron chi connectivity index (χ2n) is 10.7. The number of aromatic nitrogens is 3. The zero-order chi connectivity index (χ0) is 32.9. The van der Waals surface area contributed by atoms with Crippen LogP contribution in [-0.2, 0) is 13.2 Å². The molecular weight excluding hydrogens is 613 g/mol. The molecule has 0 radical (unpaired) electrons. The molecule has 0 spiro atoms. The first-order valence-electron chi connectivity index (χ1n) is 14.5. The standard InChI is InChI=1S/C35H27F3N4O5/c36-27-15-22(16-28(37)32(27)38)18-42-14-4-7-26(34(42)44)33(43)39-31(20-47-25-12-13-29-30(17-25)41-35(45)40-29)23-8-10-24(11-9-23)46-19-21-5-2-1-3-6-21/h1-17,31H,18-20H2,(H,39,43)(H2,40,41,45)/t31-/m0/s1. The van der Waals surface area contributed by atoms with E-state index in [1.807, 2.05) is 30.3 Å². The number of carbonyl (C=O) groups is 1. The van der Waals surface area contributed by atoms with Crippen molar-refractivity contribution in [1.29, 1.82) is 0 Å². The second kappa shape index (κ2) is 13.5. The lowest BCUT2D eigenvalue weighted by Gasteiger charge is -2.20. The van der Waals surface area contributed by atoms with Crippen molar-refractivity contribution in [2.75, 3.05) is 6.61 Å². The van der Waals surface area contributed by atoms with Crippen molar-refractivity contribution in [3.05, 3.63) is 164 Å². The topological polar surface area (TPSA) is 118 Å². The van der Waals surface area contributed by atoms with E-state index in [1.165, 1.54) is 18.3 Å². The Morgan fingerprint density at radius 1 is 0.766 bits per heavy atom. The Hall–Kier alpha value is -6.04. The number of carbonyl (C=O) groups excluding carboxylic acids is 1. The van der Waals surface area contributed by atoms with Crippen molar-refractivity contribution in [2.24, 2.45) is 0 Å². The Balaban J connectivity index is 1.23. The van der Waals surface area contributed by atoms with Crippen LogP contribution in [0.25, 0.3) is 11.0 Å². The quantitative estimate of drug-likeness (QED) is 0.159. The fourth-order valence-corrected chi connectivity index (χ4v) is 5.01. The number of pyridine rings is 1. The Morgan fingerprint density at radius 2 is 1.47 bits per heavy atom. The van der Waals surface area contributed by atoms with Crippen molar-refractivity contribution >= 4 is 16.9 Å². The van der Waals surface area contributed by atoms with Gasteiger partial charge in [-0.1, -0.05) is 42.5 Å². The molecule has 4 aromatic carbocycles. The van der Waals surface area contributed by atoms with Crippen LogP contribution < -0.4 is 26.0 Å². The van der Waals surface area contributed by atoms with Gasteiger partial charge in [0.25, 0.3) is 11.5 Å². The number of hydrogen-bond acceptors (Lipinski definition) is 5. The molecule has 12 heteroatoms. The fraction of sp³-hybridized carbons (Fsp3) is 0.114. The Morgan fingerprint density at radius 3 is 2.21 bits per heavy atom. The number of nitrogens with one attached hydrogen (secondary N) is 3. The summed E-state index contributed by atoms with van der Waals surface area (Å²) in [6.45, 7) is 0.0186. The molecule has 0 bridgehead atoms. The number of ether oxygens (including phenoxy) is 2. The van der Waals surface area contributed by atoms with E-state index in [-0.39, 0.29) is 30.0 Å². The molecule has 0 aliphatic carbocycles. The molecule has 0 fully saturated rings. The number of hydrogen-bond donors (Lipinski definition) is 3. The highest BCUT2D eigenvalue weighted by Gasteiger charge is 2.21. The van der Waals surface area contributed by atoms with Gasteiger partial charge in [0.2, 0.25) is 0 Å². The SMILES string of the molecule is O=C(N[C@@H](COc1ccc2[nH]c(=O)[nH]c2c1)c1ccc(OCc2ccccc2)cc1)c1cccn(Cc2cc(F)c(F)c(F)c2)c1=O. The molecule has 2 heterocycles. The predicted octanol–water partition coefficient (Wildman–Crippen LogP) is 5.61. The third-order valence-corrected chi connectivity index (χ3v) is 7.40. The van der Waals surface area contributed by atoms with Crippen LogP contribution in [-0.4, -0.2) is 27.0 Å². The maximum Gasteiger partial charge on any atom is 0.323 e. The lowest BCUT2D eigenvalue weighted by atomic mass is 10.1. The summed E-state index contributed by atoms with van der Waals surface area (Å²) < 4.78 is 54.0. The van der Waals surface area contributed by atoms with Crippen LogP contribution in [0.1, 0.15) is 33.1 Å². The lowest BCUT2D eigenvalue weighted by molar-refractivity contribution is 0.0919. The summed E-state index contributed by atoms with van der Waals surface area (Å²) in [5, 5.41) is 2.84. The fourth-order valence-electron chi connectivity index (χ4n) is 5.01. The molecule has 2 aromatic heterocycles. The van der Waals surface area contributed by atoms with E-state index >= 15 is 0 Å². The molecule has 0 unspecified atom stereocenters. The van der Waals surface area contributed by atoms with Gasteiger partial charge in [-0.05, 0) is 65.2 Å². The van der Waals surface area contributed by atoms with Gasteiger partial charge in [-0.15, -0.1) is 0 Å². The van der Waals surface area contributed by atoms with Gasteiger partial charge in [-0.25, -0.2) is 18.0 Å². The number of aromatic amines is 2. The van der Waals surface area contributed by atoms with E-state index in [0.29, 0.717) is 34.7 Å². The Kier molecular flexibility index (Phi) is 8.91. The average molecular weight is 641 g/mol. The molecule has 6 rings (SSSR count). The molecule has 0 aliphatic heterocycles. The Bertz CT molecular complexity index is 2140. The van der Waals surface area contributed by atoms with E-state index in [9.17, 15) is 27.6 Å². The molecule has 6 aromatic rings. The van der Waals surface area contributed by atoms with Crippen LogP contribution in [0.15, 0.2) is 113 Å². The van der Waals surface area contributed by atoms with Gasteiger partial charge in [0.1, 0.15) is 30.3 Å². The smallest absolute Gasteiger partial charge is 0.323 e. The Labute approximate surface area is 265 Å². The zero-order valence-electron chi connectivity index (χ0n) is 24.6. The van der Waals surface area contributed by atoms with Crippen molar-refractivity contribution in [2.45, 2.75) is 19.2 Å². The van der Waals surface area contributed by atoms with Gasteiger partial charge < -0.3 is 29.3 Å². The van der Waals surface area contributed by atoms with Gasteiger partial charge in [0.05, 0.1) is 23.6 Å². The largest absolute Gasteiger partial charge is 0.491 e. The number of imidazole rings is 1. The molecule has 0 saturated carbocycles. The number of nitrogens with zero attached hydrogens (tertiary/aromatic N) is 1. The first-order valence-corrected chi connectivity index (χ1v) is 14.5. The minimum Gasteiger partial charge on any atom is -0.491 e. The van der Waals surface area contributed by atoms with Crippen molar-refractivity contribution < 1.29 is 27.4 Å². The second-order valence-corrected chi connectivity index (χ2v) is 10.7. The van der Waals surface area contributed by atoms with Gasteiger partial charge in [-0.3, -0.25) is 9.59 Å². The highest BCUT2D eigenvalue weighted by atomic mass is 19.2. The summed E-state index contributed by atoms with van der Waals surface area (Å²) in [4.78, 5) is 43.8. The lowest BCUT2D eigenvalue weighted by Crippen LogP contribution is -2.37. The van der Waals surface area contributed by atoms with Crippen molar-refractivity contribution in [3.8, 4) is 11.5 Å². The number of benzene rings is 4. The van der Waals surface area contributed by atoms with Crippen LogP contribution in [0.5, 0.6) is 11.5 Å². The minimum absolute atomic E-state index is 0.00245. The first kappa shape index (κ1) is 31.0. The van der Waals surface area contributed by atoms with E-state index in [0.717, 1.165) is 22.3 Å². The summed E-state index contributed by atoms with van der Waals surface area (Å²) in [7, 11) is 0. The summed E-state index contributed by atoms with van der Waals surface area (Å²) in [5.41, 5.74) is 1.48. The van der Waals surface area contributed by atoms with E-state index in [1.54, 1.807) is 42.5 Å². The molecule has 9 nitrogen and oxygen atoms in total. The van der Waals surface area contributed by atoms with Crippen LogP contribution in [0, 0.1) is 17.5 Å². The van der Waals surface area contributed by atoms with E-state index in [4.69, 9.17) is 9.47 Å². The molecule has 0 aliphatic rings. The van der Waals surface area contributed by atoms with Crippen LogP contribution in [0.2, 0.25) is 0 Å². The van der Waals surface area contributed by atoms with Crippen LogP contribution in [0.3, 0.4) is 0 Å². The maximum atomic E-state index is 13.8. The maximum absolute atomic E-state index is 13.8. The highest BCUT2D eigenvalue weighted by molar-refractivity contribution is 5.94. The van der Waals surface area contributed by atoms with E-state index < -0.39 is 35.0 Å². The molecule has 1 atom stereocenters. The van der Waals surface area contributed by atoms with Gasteiger partial charge >= 0.3 is 5.69 Å². The van der Waals surface area contributed by atoms with Gasteiger partial charge in [0.15, 0.2) is 17.5 Å². The molecule has 1 amide bonds. The summed E-state index contributed by atoms with van der Waals surface area (Å²) in [6.07, 6.45) is 1.36. The molecule has 0 saturated heterocycles. The third-order valence-electron chi connectivity index (χ3n) is 7.40. The number of amides is 1. The number of fused-ring (bicyclic) bond motifs is 1. The molecule has 3 N–H and O–H groups in total. The first-order chi connectivity index (χ1) is 22.7. The third kappa shape index (κ3) is 7.28. The van der Waals surface area contributed by atoms with Gasteiger partial charge in [0, 0.05) is 12.3 Å². The molecule has 47 heavy (non-hydrogen) atoms. The van der Waals surface area contributed by atoms with Crippen molar-refractivity contribution in [1.82, 2.24) is 19.9 Å². The minimum atomic E-state index is -1.61. The van der Waals surface area contributed by atoms with Crippen LogP contribution in [0.4, 0.5) is 13.2 Å². The van der Waals surface area contributed by atoms with E-state index in [2.05, 4.69) is 15.3 Å².